The van der Waals surface area contributed by atoms with Gasteiger partial charge in [-0.15, -0.1) is 0 Å². The van der Waals surface area contributed by atoms with E-state index < -0.39 is 11.6 Å². The summed E-state index contributed by atoms with van der Waals surface area (Å²) in [7, 11) is 0. The minimum atomic E-state index is -0.617. The molecule has 1 saturated heterocycles. The van der Waals surface area contributed by atoms with Gasteiger partial charge in [-0.05, 0) is 50.3 Å². The summed E-state index contributed by atoms with van der Waals surface area (Å²) in [5, 5.41) is 16.5. The lowest BCUT2D eigenvalue weighted by atomic mass is 9.94. The summed E-state index contributed by atoms with van der Waals surface area (Å²) < 4.78 is 5.43. The SMILES string of the molecule is CC(C)(NC(=O)CN1C(=O)c2cc(-c3nc(NC4CCOCC4)ncc3Cl)ccc2C1CCO)c1ccccc1. The number of aliphatic hydroxyl groups excluding tert-OH is 1. The first-order chi connectivity index (χ1) is 19.3. The molecule has 0 radical (unpaired) electrons. The van der Waals surface area contributed by atoms with Crippen LogP contribution in [-0.4, -0.2) is 64.2 Å². The van der Waals surface area contributed by atoms with E-state index in [0.717, 1.165) is 24.0 Å². The van der Waals surface area contributed by atoms with Gasteiger partial charge in [0.2, 0.25) is 11.9 Å². The highest BCUT2D eigenvalue weighted by Gasteiger charge is 2.38. The number of amides is 2. The van der Waals surface area contributed by atoms with Gasteiger partial charge >= 0.3 is 0 Å². The summed E-state index contributed by atoms with van der Waals surface area (Å²) >= 11 is 6.49. The number of anilines is 1. The number of ether oxygens (including phenoxy) is 1. The van der Waals surface area contributed by atoms with Gasteiger partial charge in [0.05, 0.1) is 28.5 Å². The molecule has 0 bridgehead atoms. The number of benzene rings is 2. The van der Waals surface area contributed by atoms with E-state index in [9.17, 15) is 14.7 Å². The van der Waals surface area contributed by atoms with Crippen LogP contribution in [0.2, 0.25) is 5.02 Å². The Bertz CT molecular complexity index is 1380. The quantitative estimate of drug-likeness (QED) is 0.355. The number of hydrogen-bond donors (Lipinski definition) is 3. The van der Waals surface area contributed by atoms with Crippen molar-refractivity contribution in [2.24, 2.45) is 0 Å². The van der Waals surface area contributed by atoms with Crippen molar-refractivity contribution in [2.45, 2.75) is 50.7 Å². The van der Waals surface area contributed by atoms with Crippen LogP contribution in [0.5, 0.6) is 0 Å². The normalized spacial score (nSPS) is 17.6. The van der Waals surface area contributed by atoms with Crippen molar-refractivity contribution >= 4 is 29.4 Å². The molecule has 3 heterocycles. The fraction of sp³-hybridized carbons (Fsp3) is 0.400. The van der Waals surface area contributed by atoms with E-state index in [4.69, 9.17) is 16.3 Å². The van der Waals surface area contributed by atoms with Crippen LogP contribution in [0.15, 0.2) is 54.7 Å². The van der Waals surface area contributed by atoms with Crippen molar-refractivity contribution in [3.8, 4) is 11.3 Å². The molecule has 210 valence electrons. The van der Waals surface area contributed by atoms with Crippen molar-refractivity contribution in [1.82, 2.24) is 20.2 Å². The zero-order valence-corrected chi connectivity index (χ0v) is 23.4. The van der Waals surface area contributed by atoms with Gasteiger partial charge in [-0.25, -0.2) is 9.97 Å². The van der Waals surface area contributed by atoms with Crippen molar-refractivity contribution in [2.75, 3.05) is 31.7 Å². The Balaban J connectivity index is 1.37. The monoisotopic (exact) mass is 563 g/mol. The number of fused-ring (bicyclic) bond motifs is 1. The summed E-state index contributed by atoms with van der Waals surface area (Å²) in [6.07, 6.45) is 3.61. The summed E-state index contributed by atoms with van der Waals surface area (Å²) in [6, 6.07) is 15.0. The largest absolute Gasteiger partial charge is 0.396 e. The molecule has 0 spiro atoms. The smallest absolute Gasteiger partial charge is 0.255 e. The molecule has 0 saturated carbocycles. The Hall–Kier alpha value is -3.53. The molecule has 2 amide bonds. The molecule has 3 aromatic rings. The summed E-state index contributed by atoms with van der Waals surface area (Å²) in [6.45, 7) is 4.99. The second-order valence-electron chi connectivity index (χ2n) is 10.7. The average molecular weight is 564 g/mol. The highest BCUT2D eigenvalue weighted by molar-refractivity contribution is 6.33. The van der Waals surface area contributed by atoms with Crippen LogP contribution in [0.25, 0.3) is 11.3 Å². The zero-order valence-electron chi connectivity index (χ0n) is 22.7. The Morgan fingerprint density at radius 2 is 1.93 bits per heavy atom. The maximum absolute atomic E-state index is 13.6. The first-order valence-corrected chi connectivity index (χ1v) is 13.9. The number of halogens is 1. The molecule has 2 aromatic carbocycles. The predicted molar refractivity (Wildman–Crippen MR) is 153 cm³/mol. The van der Waals surface area contributed by atoms with Gasteiger partial charge in [0.15, 0.2) is 0 Å². The predicted octanol–water partition coefficient (Wildman–Crippen LogP) is 4.32. The lowest BCUT2D eigenvalue weighted by molar-refractivity contribution is -0.123. The number of rotatable bonds is 9. The molecule has 1 atom stereocenters. The van der Waals surface area contributed by atoms with Crippen LogP contribution in [0.3, 0.4) is 0 Å². The van der Waals surface area contributed by atoms with E-state index in [-0.39, 0.29) is 31.0 Å². The number of hydrogen-bond acceptors (Lipinski definition) is 7. The number of aromatic nitrogens is 2. The molecule has 2 aliphatic heterocycles. The highest BCUT2D eigenvalue weighted by atomic mass is 35.5. The van der Waals surface area contributed by atoms with Crippen molar-refractivity contribution in [3.63, 3.8) is 0 Å². The number of carbonyl (C=O) groups is 2. The molecule has 1 fully saturated rings. The van der Waals surface area contributed by atoms with Gasteiger partial charge in [0.25, 0.3) is 5.91 Å². The molecule has 1 aromatic heterocycles. The molecule has 2 aliphatic rings. The van der Waals surface area contributed by atoms with Crippen molar-refractivity contribution in [1.29, 1.82) is 0 Å². The maximum Gasteiger partial charge on any atom is 0.255 e. The van der Waals surface area contributed by atoms with E-state index in [1.807, 2.05) is 56.3 Å². The second kappa shape index (κ2) is 11.9. The minimum Gasteiger partial charge on any atom is -0.396 e. The molecular weight excluding hydrogens is 530 g/mol. The van der Waals surface area contributed by atoms with Gasteiger partial charge in [0, 0.05) is 37.0 Å². The fourth-order valence-electron chi connectivity index (χ4n) is 5.39. The maximum atomic E-state index is 13.6. The average Bonchev–Trinajstić information content (AvgIpc) is 3.20. The first-order valence-electron chi connectivity index (χ1n) is 13.6. The van der Waals surface area contributed by atoms with Gasteiger partial charge in [-0.1, -0.05) is 54.1 Å². The Morgan fingerprint density at radius 3 is 2.65 bits per heavy atom. The minimum absolute atomic E-state index is 0.119. The van der Waals surface area contributed by atoms with E-state index in [1.54, 1.807) is 12.3 Å². The third-order valence-corrected chi connectivity index (χ3v) is 7.79. The molecular formula is C30H34ClN5O4. The van der Waals surface area contributed by atoms with Crippen molar-refractivity contribution < 1.29 is 19.4 Å². The Morgan fingerprint density at radius 1 is 1.18 bits per heavy atom. The van der Waals surface area contributed by atoms with Crippen LogP contribution in [-0.2, 0) is 15.1 Å². The number of carbonyl (C=O) groups excluding carboxylic acids is 2. The van der Waals surface area contributed by atoms with Gasteiger partial charge < -0.3 is 25.4 Å². The molecule has 5 rings (SSSR count). The zero-order chi connectivity index (χ0) is 28.3. The lowest BCUT2D eigenvalue weighted by Gasteiger charge is -2.30. The standard InChI is InChI=1S/C30H34ClN5O4/c1-30(2,20-6-4-3-5-7-20)35-26(38)18-36-25(10-13-37)22-9-8-19(16-23(22)28(36)39)27-24(31)17-32-29(34-27)33-21-11-14-40-15-12-21/h3-9,16-17,21,25,37H,10-15,18H2,1-2H3,(H,35,38)(H,32,33,34). The van der Waals surface area contributed by atoms with E-state index >= 15 is 0 Å². The molecule has 1 unspecified atom stereocenters. The lowest BCUT2D eigenvalue weighted by Crippen LogP contribution is -2.46. The van der Waals surface area contributed by atoms with Gasteiger partial charge in [-0.3, -0.25) is 9.59 Å². The molecule has 40 heavy (non-hydrogen) atoms. The third kappa shape index (κ3) is 5.96. The van der Waals surface area contributed by atoms with Crippen LogP contribution in [0.4, 0.5) is 5.95 Å². The number of nitrogens with zero attached hydrogens (tertiary/aromatic N) is 3. The van der Waals surface area contributed by atoms with Crippen LogP contribution in [0.1, 0.15) is 60.6 Å². The second-order valence-corrected chi connectivity index (χ2v) is 11.1. The molecule has 0 aliphatic carbocycles. The van der Waals surface area contributed by atoms with E-state index in [0.29, 0.717) is 47.4 Å². The fourth-order valence-corrected chi connectivity index (χ4v) is 5.59. The van der Waals surface area contributed by atoms with Gasteiger partial charge in [-0.2, -0.15) is 0 Å². The summed E-state index contributed by atoms with van der Waals surface area (Å²) in [5.74, 6) is -0.0786. The molecule has 9 nitrogen and oxygen atoms in total. The Labute approximate surface area is 238 Å². The topological polar surface area (TPSA) is 117 Å². The van der Waals surface area contributed by atoms with Crippen LogP contribution in [0, 0.1) is 0 Å². The molecule has 3 N–H and O–H groups in total. The Kier molecular flexibility index (Phi) is 8.35. The first kappa shape index (κ1) is 28.0. The summed E-state index contributed by atoms with van der Waals surface area (Å²) in [4.78, 5) is 37.3. The summed E-state index contributed by atoms with van der Waals surface area (Å²) in [5.41, 5.74) is 2.77. The van der Waals surface area contributed by atoms with Crippen LogP contribution < -0.4 is 10.6 Å². The number of nitrogens with one attached hydrogen (secondary N) is 2. The highest BCUT2D eigenvalue weighted by Crippen LogP contribution is 2.39. The third-order valence-electron chi connectivity index (χ3n) is 7.52. The van der Waals surface area contributed by atoms with Crippen molar-refractivity contribution in [3.05, 3.63) is 76.4 Å². The molecule has 10 heteroatoms. The van der Waals surface area contributed by atoms with Crippen LogP contribution >= 0.6 is 11.6 Å². The van der Waals surface area contributed by atoms with E-state index in [1.165, 1.54) is 4.90 Å². The van der Waals surface area contributed by atoms with Gasteiger partial charge in [0.1, 0.15) is 6.54 Å². The van der Waals surface area contributed by atoms with E-state index in [2.05, 4.69) is 20.6 Å². The number of aliphatic hydroxyl groups is 1.